The first kappa shape index (κ1) is 14.9. The van der Waals surface area contributed by atoms with Crippen molar-refractivity contribution < 1.29 is 23.7 Å². The molecule has 0 radical (unpaired) electrons. The quantitative estimate of drug-likeness (QED) is 0.649. The molecule has 106 valence electrons. The molecule has 0 saturated heterocycles. The summed E-state index contributed by atoms with van der Waals surface area (Å²) in [6, 6.07) is 1.50. The lowest BCUT2D eigenvalue weighted by Crippen LogP contribution is -2.15. The molecular formula is C13H19NO5. The lowest BCUT2D eigenvalue weighted by atomic mass is 10.1. The smallest absolute Gasteiger partial charge is 0.344 e. The molecule has 0 aliphatic heterocycles. The van der Waals surface area contributed by atoms with E-state index in [0.29, 0.717) is 11.5 Å². The highest BCUT2D eigenvalue weighted by atomic mass is 16.6. The Morgan fingerprint density at radius 1 is 1.11 bits per heavy atom. The first-order valence-corrected chi connectivity index (χ1v) is 5.75. The van der Waals surface area contributed by atoms with Crippen LogP contribution >= 0.6 is 0 Å². The van der Waals surface area contributed by atoms with Crippen molar-refractivity contribution in [2.45, 2.75) is 20.0 Å². The topological polar surface area (TPSA) is 80.0 Å². The van der Waals surface area contributed by atoms with Crippen molar-refractivity contribution in [2.24, 2.45) is 0 Å². The highest BCUT2D eigenvalue weighted by Crippen LogP contribution is 2.43. The van der Waals surface area contributed by atoms with Crippen LogP contribution in [0.4, 0.5) is 5.69 Å². The van der Waals surface area contributed by atoms with Crippen molar-refractivity contribution in [3.8, 4) is 17.2 Å². The average molecular weight is 269 g/mol. The van der Waals surface area contributed by atoms with Crippen molar-refractivity contribution in [2.75, 3.05) is 27.1 Å². The number of nitrogen functional groups attached to an aromatic ring is 1. The van der Waals surface area contributed by atoms with Crippen LogP contribution < -0.4 is 19.9 Å². The van der Waals surface area contributed by atoms with Crippen molar-refractivity contribution >= 4 is 11.7 Å². The second-order valence-corrected chi connectivity index (χ2v) is 4.06. The number of rotatable bonds is 5. The highest BCUT2D eigenvalue weighted by Gasteiger charge is 2.25. The van der Waals surface area contributed by atoms with E-state index in [1.807, 2.05) is 0 Å². The predicted octanol–water partition coefficient (Wildman–Crippen LogP) is 1.86. The number of nitrogens with two attached hydrogens (primary N) is 1. The van der Waals surface area contributed by atoms with E-state index in [1.165, 1.54) is 27.4 Å². The molecule has 6 nitrogen and oxygen atoms in total. The van der Waals surface area contributed by atoms with E-state index < -0.39 is 5.97 Å². The Balaban J connectivity index is 3.42. The number of esters is 1. The molecule has 1 aromatic rings. The molecule has 1 rings (SSSR count). The normalized spacial score (nSPS) is 10.2. The summed E-state index contributed by atoms with van der Waals surface area (Å²) in [5.41, 5.74) is 6.20. The summed E-state index contributed by atoms with van der Waals surface area (Å²) in [7, 11) is 4.35. The van der Waals surface area contributed by atoms with E-state index in [-0.39, 0.29) is 23.1 Å². The maximum atomic E-state index is 12.0. The number of benzene rings is 1. The van der Waals surface area contributed by atoms with Crippen LogP contribution in [0.3, 0.4) is 0 Å². The van der Waals surface area contributed by atoms with Crippen LogP contribution in [-0.2, 0) is 4.74 Å². The summed E-state index contributed by atoms with van der Waals surface area (Å²) in [6.07, 6.45) is -0.260. The third-order valence-corrected chi connectivity index (χ3v) is 2.41. The fraction of sp³-hybridized carbons (Fsp3) is 0.462. The second-order valence-electron chi connectivity index (χ2n) is 4.06. The SMILES string of the molecule is COc1cc(N)c(C(=O)OC(C)C)c(OC)c1OC. The zero-order chi connectivity index (χ0) is 14.6. The van der Waals surface area contributed by atoms with Gasteiger partial charge in [-0.15, -0.1) is 0 Å². The van der Waals surface area contributed by atoms with Gasteiger partial charge in [-0.05, 0) is 13.8 Å². The van der Waals surface area contributed by atoms with Gasteiger partial charge in [0.2, 0.25) is 5.75 Å². The number of hydrogen-bond donors (Lipinski definition) is 1. The van der Waals surface area contributed by atoms with Gasteiger partial charge in [0.1, 0.15) is 5.56 Å². The monoisotopic (exact) mass is 269 g/mol. The molecule has 0 amide bonds. The molecule has 0 aliphatic rings. The number of carbonyl (C=O) groups is 1. The maximum absolute atomic E-state index is 12.0. The Morgan fingerprint density at radius 3 is 2.11 bits per heavy atom. The van der Waals surface area contributed by atoms with Crippen LogP contribution in [0.15, 0.2) is 6.07 Å². The lowest BCUT2D eigenvalue weighted by molar-refractivity contribution is 0.0375. The Morgan fingerprint density at radius 2 is 1.68 bits per heavy atom. The zero-order valence-electron chi connectivity index (χ0n) is 11.8. The van der Waals surface area contributed by atoms with Crippen molar-refractivity contribution in [3.05, 3.63) is 11.6 Å². The largest absolute Gasteiger partial charge is 0.493 e. The molecule has 1 aromatic carbocycles. The third-order valence-electron chi connectivity index (χ3n) is 2.41. The lowest BCUT2D eigenvalue weighted by Gasteiger charge is -2.17. The van der Waals surface area contributed by atoms with E-state index in [9.17, 15) is 4.79 Å². The van der Waals surface area contributed by atoms with Crippen LogP contribution in [0, 0.1) is 0 Å². The molecule has 0 saturated carbocycles. The fourth-order valence-electron chi connectivity index (χ4n) is 1.66. The zero-order valence-corrected chi connectivity index (χ0v) is 11.8. The van der Waals surface area contributed by atoms with Crippen LogP contribution in [0.25, 0.3) is 0 Å². The number of ether oxygens (including phenoxy) is 4. The Bertz CT molecular complexity index is 471. The Kier molecular flexibility index (Phi) is 4.86. The minimum Gasteiger partial charge on any atom is -0.493 e. The Hall–Kier alpha value is -2.11. The molecule has 0 aromatic heterocycles. The molecule has 6 heteroatoms. The van der Waals surface area contributed by atoms with Gasteiger partial charge in [-0.3, -0.25) is 0 Å². The third kappa shape index (κ3) is 3.01. The maximum Gasteiger partial charge on any atom is 0.344 e. The summed E-state index contributed by atoms with van der Waals surface area (Å²) in [6.45, 7) is 3.50. The van der Waals surface area contributed by atoms with Crippen molar-refractivity contribution in [1.82, 2.24) is 0 Å². The molecule has 0 bridgehead atoms. The molecular weight excluding hydrogens is 250 g/mol. The van der Waals surface area contributed by atoms with Crippen molar-refractivity contribution in [1.29, 1.82) is 0 Å². The summed E-state index contributed by atoms with van der Waals surface area (Å²) in [5.74, 6) is 0.322. The van der Waals surface area contributed by atoms with Crippen LogP contribution in [0.1, 0.15) is 24.2 Å². The van der Waals surface area contributed by atoms with Gasteiger partial charge in [-0.1, -0.05) is 0 Å². The first-order valence-electron chi connectivity index (χ1n) is 5.75. The van der Waals surface area contributed by atoms with Gasteiger partial charge < -0.3 is 24.7 Å². The number of carbonyl (C=O) groups excluding carboxylic acids is 1. The molecule has 0 fully saturated rings. The average Bonchev–Trinajstić information content (AvgIpc) is 2.35. The number of hydrogen-bond acceptors (Lipinski definition) is 6. The predicted molar refractivity (Wildman–Crippen MR) is 71.1 cm³/mol. The molecule has 19 heavy (non-hydrogen) atoms. The minimum absolute atomic E-state index is 0.133. The van der Waals surface area contributed by atoms with E-state index in [0.717, 1.165) is 0 Å². The van der Waals surface area contributed by atoms with Gasteiger partial charge in [0, 0.05) is 6.07 Å². The molecule has 0 atom stereocenters. The fourth-order valence-corrected chi connectivity index (χ4v) is 1.66. The molecule has 2 N–H and O–H groups in total. The van der Waals surface area contributed by atoms with Gasteiger partial charge in [0.05, 0.1) is 33.1 Å². The standard InChI is InChI=1S/C13H19NO5/c1-7(2)19-13(15)10-8(14)6-9(16-3)11(17-4)12(10)18-5/h6-7H,14H2,1-5H3. The van der Waals surface area contributed by atoms with Crippen LogP contribution in [0.2, 0.25) is 0 Å². The van der Waals surface area contributed by atoms with E-state index in [2.05, 4.69) is 0 Å². The van der Waals surface area contributed by atoms with Crippen LogP contribution in [-0.4, -0.2) is 33.4 Å². The first-order chi connectivity index (χ1) is 8.96. The van der Waals surface area contributed by atoms with E-state index >= 15 is 0 Å². The minimum atomic E-state index is -0.565. The van der Waals surface area contributed by atoms with Gasteiger partial charge in [0.15, 0.2) is 11.5 Å². The summed E-state index contributed by atoms with van der Waals surface area (Å²) >= 11 is 0. The second kappa shape index (κ2) is 6.17. The number of methoxy groups -OCH3 is 3. The highest BCUT2D eigenvalue weighted by molar-refractivity contribution is 6.00. The summed E-state index contributed by atoms with van der Waals surface area (Å²) < 4.78 is 20.7. The Labute approximate surface area is 112 Å². The summed E-state index contributed by atoms with van der Waals surface area (Å²) in [4.78, 5) is 12.0. The van der Waals surface area contributed by atoms with E-state index in [4.69, 9.17) is 24.7 Å². The molecule has 0 aliphatic carbocycles. The molecule has 0 spiro atoms. The van der Waals surface area contributed by atoms with Gasteiger partial charge in [-0.25, -0.2) is 4.79 Å². The van der Waals surface area contributed by atoms with E-state index in [1.54, 1.807) is 13.8 Å². The molecule has 0 unspecified atom stereocenters. The van der Waals surface area contributed by atoms with Gasteiger partial charge >= 0.3 is 5.97 Å². The van der Waals surface area contributed by atoms with Crippen molar-refractivity contribution in [3.63, 3.8) is 0 Å². The summed E-state index contributed by atoms with van der Waals surface area (Å²) in [5, 5.41) is 0. The molecule has 0 heterocycles. The van der Waals surface area contributed by atoms with Gasteiger partial charge in [0.25, 0.3) is 0 Å². The number of anilines is 1. The van der Waals surface area contributed by atoms with Gasteiger partial charge in [-0.2, -0.15) is 0 Å². The van der Waals surface area contributed by atoms with Crippen LogP contribution in [0.5, 0.6) is 17.2 Å².